The number of aliphatic hydroxyl groups excluding tert-OH is 1. The number of nitrogens with one attached hydrogen (secondary N) is 1. The van der Waals surface area contributed by atoms with Crippen LogP contribution in [0.2, 0.25) is 0 Å². The van der Waals surface area contributed by atoms with Crippen molar-refractivity contribution in [1.29, 1.82) is 0 Å². The molecule has 3 saturated heterocycles. The largest absolute Gasteiger partial charge is 0.466 e. The molecule has 5 atom stereocenters. The molecule has 3 aliphatic rings. The van der Waals surface area contributed by atoms with Crippen LogP contribution in [0.4, 0.5) is 5.69 Å². The highest BCUT2D eigenvalue weighted by Crippen LogP contribution is 2.63. The Morgan fingerprint density at radius 1 is 1.21 bits per heavy atom. The van der Waals surface area contributed by atoms with Gasteiger partial charge in [-0.3, -0.25) is 14.4 Å². The Morgan fingerprint density at radius 2 is 1.97 bits per heavy atom. The molecular weight excluding hydrogens is 436 g/mol. The molecule has 2 bridgehead atoms. The first-order valence-electron chi connectivity index (χ1n) is 11.9. The third-order valence-electron chi connectivity index (χ3n) is 7.64. The topological polar surface area (TPSA) is 105 Å². The second kappa shape index (κ2) is 8.36. The van der Waals surface area contributed by atoms with Crippen LogP contribution in [0, 0.1) is 11.8 Å². The maximum absolute atomic E-state index is 13.7. The summed E-state index contributed by atoms with van der Waals surface area (Å²) in [6.07, 6.45) is 1.39. The number of ether oxygens (including phenoxy) is 2. The van der Waals surface area contributed by atoms with Gasteiger partial charge in [-0.1, -0.05) is 30.3 Å². The van der Waals surface area contributed by atoms with Crippen molar-refractivity contribution in [3.8, 4) is 0 Å². The third-order valence-corrected chi connectivity index (χ3v) is 7.64. The Bertz CT molecular complexity index is 1150. The van der Waals surface area contributed by atoms with Gasteiger partial charge in [0.25, 0.3) is 0 Å². The smallest absolute Gasteiger partial charge is 0.312 e. The summed E-state index contributed by atoms with van der Waals surface area (Å²) in [6, 6.07) is 12.6. The predicted molar refractivity (Wildman–Crippen MR) is 125 cm³/mol. The maximum Gasteiger partial charge on any atom is 0.312 e. The first-order valence-corrected chi connectivity index (χ1v) is 11.9. The summed E-state index contributed by atoms with van der Waals surface area (Å²) >= 11 is 0. The van der Waals surface area contributed by atoms with Gasteiger partial charge in [0.05, 0.1) is 18.1 Å². The quantitative estimate of drug-likeness (QED) is 0.608. The SMILES string of the molecule is CCOC(=O)[C@@H]1[C@H]2C(=O)N(CCCO)C(C(=O)Nc3ccc4ccccc4c3)C23CC[C@@]1(C)O3. The molecule has 3 aliphatic heterocycles. The number of carbonyl (C=O) groups is 3. The monoisotopic (exact) mass is 466 g/mol. The second-order valence-corrected chi connectivity index (χ2v) is 9.64. The van der Waals surface area contributed by atoms with Gasteiger partial charge >= 0.3 is 5.97 Å². The van der Waals surface area contributed by atoms with Crippen molar-refractivity contribution in [1.82, 2.24) is 4.90 Å². The molecule has 0 radical (unpaired) electrons. The summed E-state index contributed by atoms with van der Waals surface area (Å²) in [5.74, 6) is -2.63. The van der Waals surface area contributed by atoms with Crippen molar-refractivity contribution in [3.05, 3.63) is 42.5 Å². The van der Waals surface area contributed by atoms with Crippen LogP contribution < -0.4 is 5.32 Å². The number of anilines is 1. The zero-order chi connectivity index (χ0) is 24.1. The Labute approximate surface area is 198 Å². The van der Waals surface area contributed by atoms with E-state index < -0.39 is 35.0 Å². The summed E-state index contributed by atoms with van der Waals surface area (Å²) in [4.78, 5) is 41.8. The normalized spacial score (nSPS) is 31.7. The van der Waals surface area contributed by atoms with Crippen molar-refractivity contribution in [2.75, 3.05) is 25.1 Å². The second-order valence-electron chi connectivity index (χ2n) is 9.64. The zero-order valence-corrected chi connectivity index (χ0v) is 19.5. The van der Waals surface area contributed by atoms with Crippen molar-refractivity contribution in [2.24, 2.45) is 11.8 Å². The fourth-order valence-electron chi connectivity index (χ4n) is 6.28. The van der Waals surface area contributed by atoms with Gasteiger partial charge in [-0.15, -0.1) is 0 Å². The molecule has 8 heteroatoms. The minimum Gasteiger partial charge on any atom is -0.466 e. The van der Waals surface area contributed by atoms with Crippen molar-refractivity contribution in [3.63, 3.8) is 0 Å². The average Bonchev–Trinajstić information content (AvgIpc) is 3.38. The summed E-state index contributed by atoms with van der Waals surface area (Å²) < 4.78 is 11.8. The van der Waals surface area contributed by atoms with Gasteiger partial charge in [0.15, 0.2) is 0 Å². The van der Waals surface area contributed by atoms with E-state index in [9.17, 15) is 19.5 Å². The molecule has 3 heterocycles. The maximum atomic E-state index is 13.7. The molecule has 2 unspecified atom stereocenters. The van der Waals surface area contributed by atoms with Crippen LogP contribution in [0.3, 0.4) is 0 Å². The minimum absolute atomic E-state index is 0.111. The molecule has 2 N–H and O–H groups in total. The Morgan fingerprint density at radius 3 is 2.71 bits per heavy atom. The molecule has 2 aromatic rings. The van der Waals surface area contributed by atoms with Gasteiger partial charge in [-0.05, 0) is 56.0 Å². The Balaban J connectivity index is 1.50. The number of carbonyl (C=O) groups excluding carboxylic acids is 3. The van der Waals surface area contributed by atoms with Crippen LogP contribution in [-0.4, -0.2) is 64.8 Å². The fraction of sp³-hybridized carbons (Fsp3) is 0.500. The third kappa shape index (κ3) is 3.31. The molecule has 0 saturated carbocycles. The lowest BCUT2D eigenvalue weighted by atomic mass is 9.66. The van der Waals surface area contributed by atoms with Gasteiger partial charge in [-0.25, -0.2) is 0 Å². The van der Waals surface area contributed by atoms with Crippen molar-refractivity contribution < 1.29 is 29.0 Å². The van der Waals surface area contributed by atoms with Crippen molar-refractivity contribution in [2.45, 2.75) is 50.4 Å². The van der Waals surface area contributed by atoms with E-state index in [0.717, 1.165) is 10.8 Å². The summed E-state index contributed by atoms with van der Waals surface area (Å²) in [5, 5.41) is 14.4. The van der Waals surface area contributed by atoms with E-state index in [1.807, 2.05) is 49.4 Å². The molecular formula is C26H30N2O6. The van der Waals surface area contributed by atoms with E-state index in [1.54, 1.807) is 6.92 Å². The molecule has 3 fully saturated rings. The highest BCUT2D eigenvalue weighted by molar-refractivity contribution is 6.04. The number of aliphatic hydroxyl groups is 1. The molecule has 0 aliphatic carbocycles. The van der Waals surface area contributed by atoms with Crippen LogP contribution in [0.1, 0.15) is 33.1 Å². The lowest BCUT2D eigenvalue weighted by molar-refractivity contribution is -0.159. The first-order chi connectivity index (χ1) is 16.3. The van der Waals surface area contributed by atoms with Crippen LogP contribution in [0.15, 0.2) is 42.5 Å². The average molecular weight is 467 g/mol. The first kappa shape index (κ1) is 22.8. The number of amides is 2. The summed E-state index contributed by atoms with van der Waals surface area (Å²) in [5.41, 5.74) is -1.32. The van der Waals surface area contributed by atoms with Crippen molar-refractivity contribution >= 4 is 34.2 Å². The van der Waals surface area contributed by atoms with E-state index in [0.29, 0.717) is 24.9 Å². The summed E-state index contributed by atoms with van der Waals surface area (Å²) in [7, 11) is 0. The Hall–Kier alpha value is -2.97. The highest BCUT2D eigenvalue weighted by atomic mass is 16.6. The zero-order valence-electron chi connectivity index (χ0n) is 19.5. The molecule has 180 valence electrons. The number of fused-ring (bicyclic) bond motifs is 2. The number of hydrogen-bond acceptors (Lipinski definition) is 6. The molecule has 8 nitrogen and oxygen atoms in total. The van der Waals surface area contributed by atoms with Gasteiger partial charge in [0, 0.05) is 18.8 Å². The molecule has 34 heavy (non-hydrogen) atoms. The van der Waals surface area contributed by atoms with Crippen LogP contribution in [-0.2, 0) is 23.9 Å². The van der Waals surface area contributed by atoms with E-state index in [4.69, 9.17) is 9.47 Å². The number of nitrogens with zero attached hydrogens (tertiary/aromatic N) is 1. The van der Waals surface area contributed by atoms with Crippen LogP contribution >= 0.6 is 0 Å². The number of benzene rings is 2. The van der Waals surface area contributed by atoms with E-state index in [2.05, 4.69) is 5.32 Å². The number of likely N-dealkylation sites (tertiary alicyclic amines) is 1. The van der Waals surface area contributed by atoms with Crippen LogP contribution in [0.25, 0.3) is 10.8 Å². The number of esters is 1. The van der Waals surface area contributed by atoms with Gasteiger partial charge in [0.2, 0.25) is 11.8 Å². The molecule has 0 aromatic heterocycles. The Kier molecular flexibility index (Phi) is 5.61. The molecule has 2 aromatic carbocycles. The van der Waals surface area contributed by atoms with Crippen LogP contribution in [0.5, 0.6) is 0 Å². The van der Waals surface area contributed by atoms with Gasteiger partial charge in [0.1, 0.15) is 17.6 Å². The highest BCUT2D eigenvalue weighted by Gasteiger charge is 2.78. The predicted octanol–water partition coefficient (Wildman–Crippen LogP) is 2.49. The standard InChI is InChI=1S/C26H30N2O6/c1-3-33-24(32)20-19-23(31)28(13-6-14-29)21(26(19)12-11-25(20,2)34-26)22(30)27-18-10-9-16-7-4-5-8-17(16)15-18/h4-5,7-10,15,19-21,29H,3,6,11-14H2,1-2H3,(H,27,30)/t19-,20-,21?,25+,26?/m0/s1. The van der Waals surface area contributed by atoms with Gasteiger partial charge < -0.3 is 24.8 Å². The van der Waals surface area contributed by atoms with E-state index in [1.165, 1.54) is 4.90 Å². The fourth-order valence-corrected chi connectivity index (χ4v) is 6.28. The molecule has 2 amide bonds. The van der Waals surface area contributed by atoms with E-state index in [-0.39, 0.29) is 31.6 Å². The van der Waals surface area contributed by atoms with Gasteiger partial charge in [-0.2, -0.15) is 0 Å². The summed E-state index contributed by atoms with van der Waals surface area (Å²) in [6.45, 7) is 3.87. The molecule has 1 spiro atoms. The lowest BCUT2D eigenvalue weighted by Crippen LogP contribution is -2.53. The minimum atomic E-state index is -1.10. The van der Waals surface area contributed by atoms with E-state index >= 15 is 0 Å². The number of hydrogen-bond donors (Lipinski definition) is 2. The number of rotatable bonds is 7. The lowest BCUT2D eigenvalue weighted by Gasteiger charge is -2.33. The molecule has 5 rings (SSSR count).